The molecule has 16 nitrogen and oxygen atoms in total. The normalized spacial score (nSPS) is 12.1. The summed E-state index contributed by atoms with van der Waals surface area (Å²) in [5, 5.41) is 0.102. The summed E-state index contributed by atoms with van der Waals surface area (Å²) in [7, 11) is -1.92. The van der Waals surface area contributed by atoms with Crippen LogP contribution in [-0.4, -0.2) is 135 Å². The van der Waals surface area contributed by atoms with Gasteiger partial charge in [-0.3, -0.25) is 14.4 Å². The molecule has 1 rings (SSSR count). The van der Waals surface area contributed by atoms with Crippen LogP contribution in [-0.2, 0) is 53.8 Å². The van der Waals surface area contributed by atoms with Crippen LogP contribution in [0.5, 0.6) is 0 Å². The van der Waals surface area contributed by atoms with Crippen LogP contribution < -0.4 is 0 Å². The summed E-state index contributed by atoms with van der Waals surface area (Å²) in [5.74, 6) is -0.687. The third kappa shape index (κ3) is 41.3. The van der Waals surface area contributed by atoms with Crippen molar-refractivity contribution in [3.63, 3.8) is 0 Å². The van der Waals surface area contributed by atoms with Crippen molar-refractivity contribution in [3.05, 3.63) is 35.9 Å². The van der Waals surface area contributed by atoms with Crippen LogP contribution in [0.4, 0.5) is 14.4 Å². The van der Waals surface area contributed by atoms with E-state index < -0.39 is 37.3 Å². The van der Waals surface area contributed by atoms with Crippen molar-refractivity contribution >= 4 is 44.5 Å². The number of rotatable bonds is 42. The highest BCUT2D eigenvalue weighted by Gasteiger charge is 2.37. The van der Waals surface area contributed by atoms with Crippen LogP contribution in [0.25, 0.3) is 0 Å². The Kier molecular flexibility index (Phi) is 37.6. The monoisotopic (exact) mass is 1160 g/mol. The molecule has 81 heavy (non-hydrogen) atoms. The number of carbonyl (C=O) groups is 6. The van der Waals surface area contributed by atoms with Gasteiger partial charge in [0.1, 0.15) is 36.6 Å². The maximum atomic E-state index is 13.1. The minimum Gasteiger partial charge on any atom is -0.464 e. The van der Waals surface area contributed by atoms with E-state index in [1.807, 2.05) is 92.6 Å². The number of hydrogen-bond acceptors (Lipinski definition) is 13. The van der Waals surface area contributed by atoms with Gasteiger partial charge in [0.15, 0.2) is 8.32 Å². The van der Waals surface area contributed by atoms with E-state index in [0.29, 0.717) is 58.7 Å². The lowest BCUT2D eigenvalue weighted by Crippen LogP contribution is -2.44. The first kappa shape index (κ1) is 74.6. The highest BCUT2D eigenvalue weighted by Crippen LogP contribution is 2.36. The topological polar surface area (TPSA) is 177 Å². The van der Waals surface area contributed by atoms with Crippen LogP contribution in [0, 0.1) is 0 Å². The first-order valence-electron chi connectivity index (χ1n) is 31.1. The molecule has 0 N–H and O–H groups in total. The van der Waals surface area contributed by atoms with E-state index in [9.17, 15) is 28.8 Å². The predicted molar refractivity (Wildman–Crippen MR) is 326 cm³/mol. The zero-order chi connectivity index (χ0) is 60.8. The van der Waals surface area contributed by atoms with Crippen molar-refractivity contribution < 1.29 is 61.6 Å². The van der Waals surface area contributed by atoms with Gasteiger partial charge >= 0.3 is 36.2 Å². The number of amides is 3. The Morgan fingerprint density at radius 2 is 0.654 bits per heavy atom. The van der Waals surface area contributed by atoms with Gasteiger partial charge in [0.25, 0.3) is 0 Å². The Hall–Kier alpha value is -4.38. The molecule has 0 fully saturated rings. The van der Waals surface area contributed by atoms with E-state index >= 15 is 0 Å². The zero-order valence-electron chi connectivity index (χ0n) is 53.6. The van der Waals surface area contributed by atoms with Crippen molar-refractivity contribution in [2.45, 2.75) is 279 Å². The average molecular weight is 1160 g/mol. The second kappa shape index (κ2) is 40.8. The number of esters is 3. The van der Waals surface area contributed by atoms with Crippen LogP contribution in [0.2, 0.25) is 18.1 Å². The molecule has 0 bridgehead atoms. The van der Waals surface area contributed by atoms with E-state index in [-0.39, 0.29) is 55.3 Å². The maximum absolute atomic E-state index is 13.1. The molecule has 0 unspecified atom stereocenters. The first-order chi connectivity index (χ1) is 38.0. The number of ether oxygens (including phenoxy) is 6. The number of nitrogens with zero attached hydrogens (tertiary/aromatic N) is 3. The van der Waals surface area contributed by atoms with Gasteiger partial charge < -0.3 is 47.5 Å². The molecule has 0 heterocycles. The Morgan fingerprint density at radius 3 is 0.963 bits per heavy atom. The molecule has 0 aromatic heterocycles. The largest absolute Gasteiger partial charge is 0.464 e. The quantitative estimate of drug-likeness (QED) is 0.0262. The molecule has 0 aliphatic heterocycles. The smallest absolute Gasteiger partial charge is 0.410 e. The molecule has 468 valence electrons. The third-order valence-corrected chi connectivity index (χ3v) is 18.5. The molecule has 1 aromatic rings. The second-order valence-electron chi connectivity index (χ2n) is 26.3. The highest BCUT2D eigenvalue weighted by atomic mass is 28.4. The van der Waals surface area contributed by atoms with E-state index in [0.717, 1.165) is 140 Å². The molecule has 0 saturated heterocycles. The summed E-state index contributed by atoms with van der Waals surface area (Å²) in [6.45, 7) is 31.5. The number of hydrogen-bond donors (Lipinski definition) is 0. The standard InChI is InChI=1S/C64H115N3O13Si/c1-61(2,3)78-58(71)65(47-50-75-56(69)42-34-25-19-16-23-29-38-46-67(60(73)80-63(7,8)9)49-52-77-81(13,14)64(10,11)12)44-36-27-21-15-18-24-33-41-55(68)74-51-48-66(59(72)79-62(4,5)6)45-37-28-22-17-20-26-35-43-57(70)76-53-54-39-31-30-32-40-54/h30-32,39-40H,15-29,33-38,41-53H2,1-14H3. The fraction of sp³-hybridized carbons (Fsp3) is 0.812. The Labute approximate surface area is 492 Å². The van der Waals surface area contributed by atoms with Gasteiger partial charge in [-0.15, -0.1) is 0 Å². The Balaban J connectivity index is 2.29. The molecule has 0 spiro atoms. The summed E-state index contributed by atoms with van der Waals surface area (Å²) >= 11 is 0. The summed E-state index contributed by atoms with van der Waals surface area (Å²) in [5.41, 5.74) is -0.854. The number of carbonyl (C=O) groups excluding carboxylic acids is 6. The fourth-order valence-corrected chi connectivity index (χ4v) is 9.39. The summed E-state index contributed by atoms with van der Waals surface area (Å²) < 4.78 is 39.8. The molecular weight excluding hydrogens is 1050 g/mol. The number of unbranched alkanes of at least 4 members (excludes halogenated alkanes) is 18. The van der Waals surface area contributed by atoms with Gasteiger partial charge in [0.2, 0.25) is 0 Å². The molecule has 0 atom stereocenters. The third-order valence-electron chi connectivity index (χ3n) is 14.0. The van der Waals surface area contributed by atoms with Crippen LogP contribution in [0.15, 0.2) is 30.3 Å². The van der Waals surface area contributed by atoms with Gasteiger partial charge in [0.05, 0.1) is 19.7 Å². The van der Waals surface area contributed by atoms with E-state index in [2.05, 4.69) is 33.9 Å². The van der Waals surface area contributed by atoms with Crippen LogP contribution in [0.3, 0.4) is 0 Å². The zero-order valence-corrected chi connectivity index (χ0v) is 54.6. The minimum absolute atomic E-state index is 0.102. The maximum Gasteiger partial charge on any atom is 0.410 e. The van der Waals surface area contributed by atoms with Gasteiger partial charge in [-0.05, 0) is 125 Å². The average Bonchev–Trinajstić information content (AvgIpc) is 3.35. The molecule has 1 aromatic carbocycles. The molecule has 0 aliphatic carbocycles. The minimum atomic E-state index is -1.92. The van der Waals surface area contributed by atoms with Crippen LogP contribution in [0.1, 0.15) is 243 Å². The van der Waals surface area contributed by atoms with Gasteiger partial charge in [-0.2, -0.15) is 0 Å². The molecular formula is C64H115N3O13Si. The fourth-order valence-electron chi connectivity index (χ4n) is 8.35. The Morgan fingerprint density at radius 1 is 0.370 bits per heavy atom. The predicted octanol–water partition coefficient (Wildman–Crippen LogP) is 15.9. The lowest BCUT2D eigenvalue weighted by atomic mass is 10.1. The highest BCUT2D eigenvalue weighted by molar-refractivity contribution is 6.74. The van der Waals surface area contributed by atoms with E-state index in [4.69, 9.17) is 32.8 Å². The van der Waals surface area contributed by atoms with Crippen molar-refractivity contribution in [2.24, 2.45) is 0 Å². The molecule has 17 heteroatoms. The van der Waals surface area contributed by atoms with Crippen LogP contribution >= 0.6 is 0 Å². The molecule has 0 radical (unpaired) electrons. The van der Waals surface area contributed by atoms with E-state index in [1.54, 1.807) is 14.7 Å². The Bertz CT molecular complexity index is 1890. The van der Waals surface area contributed by atoms with E-state index in [1.165, 1.54) is 0 Å². The summed E-state index contributed by atoms with van der Waals surface area (Å²) in [4.78, 5) is 81.4. The van der Waals surface area contributed by atoms with Gasteiger partial charge in [0, 0.05) is 45.4 Å². The van der Waals surface area contributed by atoms with Gasteiger partial charge in [-0.25, -0.2) is 14.4 Å². The lowest BCUT2D eigenvalue weighted by molar-refractivity contribution is -0.145. The van der Waals surface area contributed by atoms with Crippen molar-refractivity contribution in [3.8, 4) is 0 Å². The van der Waals surface area contributed by atoms with Crippen molar-refractivity contribution in [1.29, 1.82) is 0 Å². The van der Waals surface area contributed by atoms with Gasteiger partial charge in [-0.1, -0.05) is 147 Å². The van der Waals surface area contributed by atoms with Crippen molar-refractivity contribution in [1.82, 2.24) is 14.7 Å². The SMILES string of the molecule is CC(C)(C)OC(=O)N(CCCCCCCCCC(=O)OCCN(CCCCCCCCCC(=O)OCc1ccccc1)C(=O)OC(C)(C)C)CCOC(=O)CCCCCCCCCN(CCO[Si](C)(C)C(C)(C)C)C(=O)OC(C)(C)C. The lowest BCUT2D eigenvalue weighted by Gasteiger charge is -2.37. The second-order valence-corrected chi connectivity index (χ2v) is 31.1. The molecule has 0 saturated carbocycles. The summed E-state index contributed by atoms with van der Waals surface area (Å²) in [6, 6.07) is 9.69. The number of benzene rings is 1. The first-order valence-corrected chi connectivity index (χ1v) is 34.0. The van der Waals surface area contributed by atoms with Crippen molar-refractivity contribution in [2.75, 3.05) is 59.1 Å². The summed E-state index contributed by atoms with van der Waals surface area (Å²) in [6.07, 6.45) is 19.8. The molecule has 3 amide bonds. The molecule has 0 aliphatic rings.